The van der Waals surface area contributed by atoms with Crippen LogP contribution in [0.4, 0.5) is 24.7 Å². The van der Waals surface area contributed by atoms with E-state index >= 15 is 4.39 Å². The van der Waals surface area contributed by atoms with E-state index in [1.807, 2.05) is 27.8 Å². The van der Waals surface area contributed by atoms with Gasteiger partial charge in [0.1, 0.15) is 24.2 Å². The van der Waals surface area contributed by atoms with Gasteiger partial charge in [-0.1, -0.05) is 24.0 Å². The van der Waals surface area contributed by atoms with Crippen LogP contribution >= 0.6 is 0 Å². The third-order valence-corrected chi connectivity index (χ3v) is 13.7. The molecule has 0 bridgehead atoms. The summed E-state index contributed by atoms with van der Waals surface area (Å²) in [7, 11) is 1.62. The zero-order valence-electron chi connectivity index (χ0n) is 37.3. The smallest absolute Gasteiger partial charge is 0.284 e. The van der Waals surface area contributed by atoms with Gasteiger partial charge in [-0.05, 0) is 69.4 Å². The lowest BCUT2D eigenvalue weighted by Gasteiger charge is -2.38. The van der Waals surface area contributed by atoms with Gasteiger partial charge in [0, 0.05) is 64.0 Å². The quantitative estimate of drug-likeness (QED) is 0.114. The Morgan fingerprint density at radius 2 is 1.87 bits per heavy atom. The van der Waals surface area contributed by atoms with Crippen molar-refractivity contribution in [1.82, 2.24) is 44.4 Å². The molecule has 3 aliphatic heterocycles. The Bertz CT molecular complexity index is 2700. The number of benzene rings is 1. The number of amides is 3. The lowest BCUT2D eigenvalue weighted by molar-refractivity contribution is -0.134. The number of likely N-dealkylation sites (tertiary alicyclic amines) is 1. The third-order valence-electron chi connectivity index (χ3n) is 13.7. The average molecular weight is 926 g/mol. The topological polar surface area (TPSA) is 175 Å². The second-order valence-corrected chi connectivity index (χ2v) is 18.3. The van der Waals surface area contributed by atoms with Crippen LogP contribution < -0.4 is 15.5 Å². The van der Waals surface area contributed by atoms with Crippen LogP contribution in [-0.2, 0) is 23.8 Å². The molecule has 20 heteroatoms. The van der Waals surface area contributed by atoms with Crippen molar-refractivity contribution in [2.45, 2.75) is 101 Å². The van der Waals surface area contributed by atoms with Gasteiger partial charge < -0.3 is 24.4 Å². The Kier molecular flexibility index (Phi) is 13.0. The number of rotatable bonds is 13. The Morgan fingerprint density at radius 1 is 1.03 bits per heavy atom. The monoisotopic (exact) mass is 925 g/mol. The van der Waals surface area contributed by atoms with Crippen LogP contribution in [0.1, 0.15) is 110 Å². The summed E-state index contributed by atoms with van der Waals surface area (Å²) in [5, 5.41) is 19.4. The van der Waals surface area contributed by atoms with E-state index < -0.39 is 36.2 Å². The molecule has 5 aromatic rings. The van der Waals surface area contributed by atoms with Crippen LogP contribution in [0.2, 0.25) is 0 Å². The van der Waals surface area contributed by atoms with Gasteiger partial charge in [-0.3, -0.25) is 34.0 Å². The van der Waals surface area contributed by atoms with Gasteiger partial charge in [0.15, 0.2) is 11.3 Å². The third kappa shape index (κ3) is 9.64. The molecule has 67 heavy (non-hydrogen) atoms. The fourth-order valence-corrected chi connectivity index (χ4v) is 10.1. The fraction of sp³-hybridized carbons (Fsp3) is 0.553. The van der Waals surface area contributed by atoms with Crippen molar-refractivity contribution in [2.24, 2.45) is 5.92 Å². The molecule has 3 amide bonds. The number of hydrogen-bond acceptors (Lipinski definition) is 12. The molecule has 5 aliphatic rings. The molecule has 2 N–H and O–H groups in total. The van der Waals surface area contributed by atoms with Crippen LogP contribution in [0.15, 0.2) is 42.9 Å². The summed E-state index contributed by atoms with van der Waals surface area (Å²) < 4.78 is 66.3. The number of nitrogens with one attached hydrogen (secondary N) is 2. The molecule has 7 heterocycles. The molecule has 354 valence electrons. The van der Waals surface area contributed by atoms with Gasteiger partial charge >= 0.3 is 0 Å². The molecule has 1 aromatic carbocycles. The molecule has 0 spiro atoms. The molecule has 2 unspecified atom stereocenters. The Hall–Kier alpha value is -5.88. The van der Waals surface area contributed by atoms with Gasteiger partial charge in [0.05, 0.1) is 72.1 Å². The summed E-state index contributed by atoms with van der Waals surface area (Å²) >= 11 is 0. The summed E-state index contributed by atoms with van der Waals surface area (Å²) in [5.74, 6) is 5.56. The molecule has 0 radical (unpaired) electrons. The number of ether oxygens (including phenoxy) is 3. The normalized spacial score (nSPS) is 25.1. The molecular weight excluding hydrogens is 872 g/mol. The van der Waals surface area contributed by atoms with Crippen molar-refractivity contribution in [2.75, 3.05) is 69.9 Å². The number of nitrogens with zero attached hydrogens (tertiary/aromatic N) is 9. The van der Waals surface area contributed by atoms with Crippen LogP contribution in [-0.4, -0.2) is 135 Å². The zero-order chi connectivity index (χ0) is 46.2. The number of carbonyl (C=O) groups excluding carboxylic acids is 3. The number of carbonyl (C=O) groups is 3. The molecule has 17 nitrogen and oxygen atoms in total. The highest BCUT2D eigenvalue weighted by atomic mass is 19.3. The van der Waals surface area contributed by atoms with E-state index in [1.165, 1.54) is 16.9 Å². The number of imide groups is 1. The van der Waals surface area contributed by atoms with E-state index in [2.05, 4.69) is 37.6 Å². The first kappa shape index (κ1) is 44.9. The number of anilines is 2. The van der Waals surface area contributed by atoms with Crippen molar-refractivity contribution >= 4 is 45.8 Å². The summed E-state index contributed by atoms with van der Waals surface area (Å²) in [6.45, 7) is 3.85. The number of piperidine rings is 2. The van der Waals surface area contributed by atoms with Gasteiger partial charge in [-0.25, -0.2) is 22.7 Å². The minimum Gasteiger partial charge on any atom is -0.382 e. The molecule has 10 rings (SSSR count). The highest BCUT2D eigenvalue weighted by Gasteiger charge is 2.36. The zero-order valence-corrected chi connectivity index (χ0v) is 37.3. The largest absolute Gasteiger partial charge is 0.382 e. The van der Waals surface area contributed by atoms with E-state index in [-0.39, 0.29) is 60.8 Å². The highest BCUT2D eigenvalue weighted by molar-refractivity contribution is 6.08. The first-order valence-corrected chi connectivity index (χ1v) is 23.3. The number of aromatic nitrogens is 7. The van der Waals surface area contributed by atoms with E-state index in [9.17, 15) is 23.2 Å². The molecule has 3 saturated heterocycles. The summed E-state index contributed by atoms with van der Waals surface area (Å²) in [6.07, 6.45) is 6.07. The van der Waals surface area contributed by atoms with Crippen molar-refractivity contribution < 1.29 is 41.8 Å². The predicted molar refractivity (Wildman–Crippen MR) is 239 cm³/mol. The van der Waals surface area contributed by atoms with Crippen molar-refractivity contribution in [3.8, 4) is 11.8 Å². The maximum Gasteiger partial charge on any atom is 0.284 e. The molecule has 4 atom stereocenters. The lowest BCUT2D eigenvalue weighted by Crippen LogP contribution is -2.47. The summed E-state index contributed by atoms with van der Waals surface area (Å²) in [6, 6.07) is 7.68. The molecule has 2 saturated carbocycles. The highest BCUT2D eigenvalue weighted by Crippen LogP contribution is 2.41. The molecular formula is C47H54F3N11O6. The van der Waals surface area contributed by atoms with Gasteiger partial charge in [-0.2, -0.15) is 15.3 Å². The second kappa shape index (κ2) is 19.4. The molecule has 2 aliphatic carbocycles. The lowest BCUT2D eigenvalue weighted by atomic mass is 9.85. The van der Waals surface area contributed by atoms with E-state index in [4.69, 9.17) is 24.3 Å². The Balaban J connectivity index is 0.711. The van der Waals surface area contributed by atoms with Crippen molar-refractivity contribution in [1.29, 1.82) is 0 Å². The number of para-hydroxylation sites is 1. The second-order valence-electron chi connectivity index (χ2n) is 18.3. The van der Waals surface area contributed by atoms with Gasteiger partial charge in [0.2, 0.25) is 11.8 Å². The maximum absolute atomic E-state index is 15.6. The minimum absolute atomic E-state index is 0.0581. The standard InChI is InChI=1S/C47H54F3N11O6/c1-65-27-32-24-58(19-21-66-32)39-16-18-59-45(53-39)35(22-51-59)47(64)52-37-26-60(55-42(37)44(49)50)30-9-7-28(8-10-30)23-57-17-15-38(36(48)25-57)67-20-3-5-29-4-2-6-33-41(34-13-14-40(62)54-46(34)63)56-61(43(29)33)31-11-12-31/h2,4,6,16,18,22,26,28,30-32,34,36,38,44H,7-15,17,19-21,23-25,27H2,1H3,(H,52,64)(H,54,62,63)/t28?,30?,32?,34?,36-,38+/m1/s1. The predicted octanol–water partition coefficient (Wildman–Crippen LogP) is 5.38. The van der Waals surface area contributed by atoms with Crippen LogP contribution in [0.5, 0.6) is 0 Å². The number of alkyl halides is 3. The van der Waals surface area contributed by atoms with Crippen molar-refractivity contribution in [3.05, 3.63) is 65.4 Å². The van der Waals surface area contributed by atoms with Crippen LogP contribution in [0.3, 0.4) is 0 Å². The van der Waals surface area contributed by atoms with E-state index in [0.29, 0.717) is 81.6 Å². The average Bonchev–Trinajstić information content (AvgIpc) is 3.75. The Morgan fingerprint density at radius 3 is 2.64 bits per heavy atom. The van der Waals surface area contributed by atoms with Crippen molar-refractivity contribution in [3.63, 3.8) is 0 Å². The number of methoxy groups -OCH3 is 1. The summed E-state index contributed by atoms with van der Waals surface area (Å²) in [4.78, 5) is 47.1. The van der Waals surface area contributed by atoms with E-state index in [0.717, 1.165) is 48.7 Å². The first-order valence-electron chi connectivity index (χ1n) is 23.3. The number of fused-ring (bicyclic) bond motifs is 2. The number of morpholine rings is 1. The van der Waals surface area contributed by atoms with Gasteiger partial charge in [-0.15, -0.1) is 0 Å². The van der Waals surface area contributed by atoms with Crippen LogP contribution in [0, 0.1) is 17.8 Å². The maximum atomic E-state index is 15.6. The molecule has 5 fully saturated rings. The molecule has 4 aromatic heterocycles. The number of halogens is 3. The Labute approximate surface area is 384 Å². The van der Waals surface area contributed by atoms with Crippen LogP contribution in [0.25, 0.3) is 16.6 Å². The fourth-order valence-electron chi connectivity index (χ4n) is 10.1. The minimum atomic E-state index is -2.91. The summed E-state index contributed by atoms with van der Waals surface area (Å²) in [5.41, 5.74) is 2.18. The SMILES string of the molecule is COCC1CN(c2ccn3ncc(C(=O)Nc4cn(C5CCC(CN6CC[C@H](OCC#Cc7cccc8c(C9CCC(=O)NC9=O)nn(C9CC9)c78)[C@H](F)C6)CC5)nc4C(F)F)c3n2)CCO1. The van der Waals surface area contributed by atoms with E-state index in [1.54, 1.807) is 24.1 Å². The number of hydrogen-bond donors (Lipinski definition) is 2. The first-order chi connectivity index (χ1) is 32.6. The van der Waals surface area contributed by atoms with Gasteiger partial charge in [0.25, 0.3) is 12.3 Å².